The van der Waals surface area contributed by atoms with Crippen molar-refractivity contribution in [3.05, 3.63) is 64.6 Å². The molecule has 0 spiro atoms. The molecule has 0 saturated carbocycles. The van der Waals surface area contributed by atoms with Crippen LogP contribution >= 0.6 is 24.0 Å². The second-order valence-corrected chi connectivity index (χ2v) is 7.04. The minimum Gasteiger partial charge on any atom is -0.497 e. The molecule has 0 aromatic heterocycles. The third-order valence-corrected chi connectivity index (χ3v) is 5.16. The van der Waals surface area contributed by atoms with E-state index in [1.807, 2.05) is 48.5 Å². The third kappa shape index (κ3) is 3.86. The highest BCUT2D eigenvalue weighted by atomic mass is 32.2. The molecular weight excluding hydrogens is 354 g/mol. The first-order chi connectivity index (χ1) is 12.1. The first-order valence-electron chi connectivity index (χ1n) is 7.63. The fraction of sp³-hybridized carbons (Fsp3) is 0.158. The highest BCUT2D eigenvalue weighted by Crippen LogP contribution is 2.36. The molecular formula is C19H17NO3S2. The zero-order chi connectivity index (χ0) is 17.8. The van der Waals surface area contributed by atoms with Crippen LogP contribution in [0, 0.1) is 0 Å². The highest BCUT2D eigenvalue weighted by molar-refractivity contribution is 8.26. The van der Waals surface area contributed by atoms with Gasteiger partial charge >= 0.3 is 0 Å². The van der Waals surface area contributed by atoms with Crippen molar-refractivity contribution in [2.45, 2.75) is 6.54 Å². The summed E-state index contributed by atoms with van der Waals surface area (Å²) >= 11 is 6.69. The molecule has 0 N–H and O–H groups in total. The number of hydrogen-bond donors (Lipinski definition) is 0. The Morgan fingerprint density at radius 1 is 1.12 bits per heavy atom. The van der Waals surface area contributed by atoms with Crippen LogP contribution in [0.3, 0.4) is 0 Å². The zero-order valence-electron chi connectivity index (χ0n) is 13.9. The Bertz CT molecular complexity index is 834. The molecule has 2 aromatic carbocycles. The van der Waals surface area contributed by atoms with Crippen molar-refractivity contribution in [1.82, 2.24) is 4.90 Å². The van der Waals surface area contributed by atoms with E-state index < -0.39 is 0 Å². The predicted octanol–water partition coefficient (Wildman–Crippen LogP) is 4.11. The minimum atomic E-state index is -0.0938. The van der Waals surface area contributed by atoms with Crippen molar-refractivity contribution < 1.29 is 14.3 Å². The molecule has 1 aliphatic rings. The molecule has 6 heteroatoms. The van der Waals surface area contributed by atoms with Gasteiger partial charge in [-0.15, -0.1) is 0 Å². The van der Waals surface area contributed by atoms with E-state index in [4.69, 9.17) is 21.7 Å². The molecule has 1 heterocycles. The molecule has 1 aliphatic heterocycles. The fourth-order valence-corrected chi connectivity index (χ4v) is 3.74. The van der Waals surface area contributed by atoms with Gasteiger partial charge in [0.1, 0.15) is 15.8 Å². The van der Waals surface area contributed by atoms with Crippen LogP contribution in [0.15, 0.2) is 53.4 Å². The van der Waals surface area contributed by atoms with Crippen LogP contribution in [0.1, 0.15) is 11.1 Å². The lowest BCUT2D eigenvalue weighted by Gasteiger charge is -2.14. The molecule has 128 valence electrons. The van der Waals surface area contributed by atoms with Gasteiger partial charge in [0, 0.05) is 5.56 Å². The molecule has 0 bridgehead atoms. The SMILES string of the molecule is COc1ccc(OC)c(/C=C2\SC(=S)N(Cc3ccccc3)C2=O)c1. The number of hydrogen-bond acceptors (Lipinski definition) is 5. The second-order valence-electron chi connectivity index (χ2n) is 5.36. The number of thioether (sulfide) groups is 1. The largest absolute Gasteiger partial charge is 0.497 e. The lowest BCUT2D eigenvalue weighted by Crippen LogP contribution is -2.27. The molecule has 2 aromatic rings. The number of nitrogens with zero attached hydrogens (tertiary/aromatic N) is 1. The van der Waals surface area contributed by atoms with E-state index >= 15 is 0 Å². The van der Waals surface area contributed by atoms with E-state index in [0.29, 0.717) is 27.3 Å². The average Bonchev–Trinajstić information content (AvgIpc) is 2.90. The third-order valence-electron chi connectivity index (χ3n) is 3.78. The lowest BCUT2D eigenvalue weighted by atomic mass is 10.1. The summed E-state index contributed by atoms with van der Waals surface area (Å²) in [5.74, 6) is 1.28. The molecule has 0 aliphatic carbocycles. The Kier molecular flexibility index (Phi) is 5.40. The Morgan fingerprint density at radius 2 is 1.88 bits per heavy atom. The van der Waals surface area contributed by atoms with Crippen LogP contribution in [-0.4, -0.2) is 29.3 Å². The Balaban J connectivity index is 1.88. The van der Waals surface area contributed by atoms with Gasteiger partial charge in [-0.2, -0.15) is 0 Å². The number of rotatable bonds is 5. The quantitative estimate of drug-likeness (QED) is 0.584. The molecule has 25 heavy (non-hydrogen) atoms. The topological polar surface area (TPSA) is 38.8 Å². The lowest BCUT2D eigenvalue weighted by molar-refractivity contribution is -0.122. The van der Waals surface area contributed by atoms with Crippen molar-refractivity contribution in [2.75, 3.05) is 14.2 Å². The predicted molar refractivity (Wildman–Crippen MR) is 105 cm³/mol. The van der Waals surface area contributed by atoms with Crippen LogP contribution in [0.25, 0.3) is 6.08 Å². The Labute approximate surface area is 156 Å². The van der Waals surface area contributed by atoms with Gasteiger partial charge in [-0.1, -0.05) is 54.3 Å². The highest BCUT2D eigenvalue weighted by Gasteiger charge is 2.32. The summed E-state index contributed by atoms with van der Waals surface area (Å²) in [5, 5.41) is 0. The fourth-order valence-electron chi connectivity index (χ4n) is 2.50. The van der Waals surface area contributed by atoms with Crippen LogP contribution in [-0.2, 0) is 11.3 Å². The van der Waals surface area contributed by atoms with E-state index in [-0.39, 0.29) is 5.91 Å². The number of amides is 1. The van der Waals surface area contributed by atoms with E-state index in [2.05, 4.69) is 0 Å². The summed E-state index contributed by atoms with van der Waals surface area (Å²) in [6, 6.07) is 15.3. The zero-order valence-corrected chi connectivity index (χ0v) is 15.5. The molecule has 1 fully saturated rings. The van der Waals surface area contributed by atoms with Crippen LogP contribution in [0.4, 0.5) is 0 Å². The molecule has 0 atom stereocenters. The van der Waals surface area contributed by atoms with Crippen molar-refractivity contribution >= 4 is 40.3 Å². The standard InChI is InChI=1S/C19H17NO3S2/c1-22-15-8-9-16(23-2)14(10-15)11-17-18(21)20(19(24)25-17)12-13-6-4-3-5-7-13/h3-11H,12H2,1-2H3/b17-11-. The molecule has 3 rings (SSSR count). The number of ether oxygens (including phenoxy) is 2. The normalized spacial score (nSPS) is 15.8. The Morgan fingerprint density at radius 3 is 2.56 bits per heavy atom. The van der Waals surface area contributed by atoms with Gasteiger partial charge in [0.2, 0.25) is 0 Å². The van der Waals surface area contributed by atoms with Crippen molar-refractivity contribution in [3.63, 3.8) is 0 Å². The number of thiocarbonyl (C=S) groups is 1. The Hall–Kier alpha value is -2.31. The minimum absolute atomic E-state index is 0.0938. The summed E-state index contributed by atoms with van der Waals surface area (Å²) < 4.78 is 11.2. The maximum Gasteiger partial charge on any atom is 0.266 e. The van der Waals surface area contributed by atoms with Crippen molar-refractivity contribution in [2.24, 2.45) is 0 Å². The first-order valence-corrected chi connectivity index (χ1v) is 8.86. The molecule has 4 nitrogen and oxygen atoms in total. The number of methoxy groups -OCH3 is 2. The number of benzene rings is 2. The maximum absolute atomic E-state index is 12.8. The van der Waals surface area contributed by atoms with E-state index in [0.717, 1.165) is 11.1 Å². The smallest absolute Gasteiger partial charge is 0.266 e. The van der Waals surface area contributed by atoms with Crippen molar-refractivity contribution in [3.8, 4) is 11.5 Å². The number of carbonyl (C=O) groups excluding carboxylic acids is 1. The number of carbonyl (C=O) groups is 1. The second kappa shape index (κ2) is 7.72. The van der Waals surface area contributed by atoms with Gasteiger partial charge in [-0.05, 0) is 29.8 Å². The summed E-state index contributed by atoms with van der Waals surface area (Å²) in [5.41, 5.74) is 1.82. The van der Waals surface area contributed by atoms with Gasteiger partial charge in [-0.25, -0.2) is 0 Å². The van der Waals surface area contributed by atoms with Crippen LogP contribution < -0.4 is 9.47 Å². The monoisotopic (exact) mass is 371 g/mol. The van der Waals surface area contributed by atoms with Crippen LogP contribution in [0.5, 0.6) is 11.5 Å². The molecule has 0 radical (unpaired) electrons. The van der Waals surface area contributed by atoms with Gasteiger partial charge in [-0.3, -0.25) is 9.69 Å². The summed E-state index contributed by atoms with van der Waals surface area (Å²) in [6.45, 7) is 0.470. The average molecular weight is 371 g/mol. The van der Waals surface area contributed by atoms with Gasteiger partial charge in [0.15, 0.2) is 0 Å². The maximum atomic E-state index is 12.8. The van der Waals surface area contributed by atoms with E-state index in [1.54, 1.807) is 25.2 Å². The van der Waals surface area contributed by atoms with E-state index in [1.165, 1.54) is 11.8 Å². The van der Waals surface area contributed by atoms with Gasteiger partial charge < -0.3 is 9.47 Å². The summed E-state index contributed by atoms with van der Waals surface area (Å²) in [7, 11) is 3.20. The van der Waals surface area contributed by atoms with Gasteiger partial charge in [0.25, 0.3) is 5.91 Å². The van der Waals surface area contributed by atoms with Gasteiger partial charge in [0.05, 0.1) is 25.7 Å². The molecule has 1 saturated heterocycles. The van der Waals surface area contributed by atoms with Crippen LogP contribution in [0.2, 0.25) is 0 Å². The molecule has 0 unspecified atom stereocenters. The first kappa shape index (κ1) is 17.5. The molecule has 1 amide bonds. The summed E-state index contributed by atoms with van der Waals surface area (Å²) in [6.07, 6.45) is 1.80. The summed E-state index contributed by atoms with van der Waals surface area (Å²) in [4.78, 5) is 15.0. The van der Waals surface area contributed by atoms with Crippen molar-refractivity contribution in [1.29, 1.82) is 0 Å². The van der Waals surface area contributed by atoms with E-state index in [9.17, 15) is 4.79 Å².